The van der Waals surface area contributed by atoms with Gasteiger partial charge in [0.15, 0.2) is 0 Å². The predicted octanol–water partition coefficient (Wildman–Crippen LogP) is 1.13. The van der Waals surface area contributed by atoms with E-state index in [9.17, 15) is 4.79 Å². The first-order valence-corrected chi connectivity index (χ1v) is 5.30. The molecular formula is C13H14N2O. The minimum absolute atomic E-state index is 0.0262. The van der Waals surface area contributed by atoms with E-state index in [2.05, 4.69) is 5.92 Å². The van der Waals surface area contributed by atoms with Crippen molar-refractivity contribution in [3.63, 3.8) is 0 Å². The van der Waals surface area contributed by atoms with Crippen molar-refractivity contribution in [1.82, 2.24) is 0 Å². The summed E-state index contributed by atoms with van der Waals surface area (Å²) < 4.78 is 0. The van der Waals surface area contributed by atoms with Crippen molar-refractivity contribution in [3.05, 3.63) is 29.8 Å². The first-order chi connectivity index (χ1) is 7.76. The van der Waals surface area contributed by atoms with Crippen molar-refractivity contribution >= 4 is 11.6 Å². The van der Waals surface area contributed by atoms with Gasteiger partial charge in [0.25, 0.3) is 0 Å². The molecule has 3 nitrogen and oxygen atoms in total. The maximum Gasteiger partial charge on any atom is 0.228 e. The van der Waals surface area contributed by atoms with Gasteiger partial charge in [0.05, 0.1) is 0 Å². The van der Waals surface area contributed by atoms with Crippen LogP contribution in [0.1, 0.15) is 12.0 Å². The van der Waals surface area contributed by atoms with Crippen LogP contribution in [0, 0.1) is 18.3 Å². The Morgan fingerprint density at radius 2 is 2.25 bits per heavy atom. The molecule has 82 valence electrons. The number of hydrogen-bond donors (Lipinski definition) is 1. The van der Waals surface area contributed by atoms with E-state index in [-0.39, 0.29) is 11.8 Å². The average molecular weight is 214 g/mol. The third kappa shape index (κ3) is 1.80. The van der Waals surface area contributed by atoms with E-state index >= 15 is 0 Å². The van der Waals surface area contributed by atoms with Crippen molar-refractivity contribution in [2.24, 2.45) is 11.7 Å². The average Bonchev–Trinajstić information content (AvgIpc) is 2.70. The van der Waals surface area contributed by atoms with Gasteiger partial charge in [-0.2, -0.15) is 0 Å². The summed E-state index contributed by atoms with van der Waals surface area (Å²) in [6.45, 7) is 1.03. The highest BCUT2D eigenvalue weighted by Crippen LogP contribution is 2.27. The van der Waals surface area contributed by atoms with Gasteiger partial charge in [-0.25, -0.2) is 0 Å². The summed E-state index contributed by atoms with van der Waals surface area (Å²) in [4.78, 5) is 13.5. The van der Waals surface area contributed by atoms with Crippen LogP contribution in [0.3, 0.4) is 0 Å². The number of amides is 1. The Hall–Kier alpha value is -1.79. The minimum Gasteiger partial charge on any atom is -0.326 e. The number of carbonyl (C=O) groups is 1. The highest BCUT2D eigenvalue weighted by atomic mass is 16.2. The molecule has 1 amide bonds. The van der Waals surface area contributed by atoms with E-state index in [0.29, 0.717) is 19.5 Å². The highest BCUT2D eigenvalue weighted by Gasteiger charge is 2.30. The zero-order chi connectivity index (χ0) is 11.5. The van der Waals surface area contributed by atoms with E-state index in [0.717, 1.165) is 11.3 Å². The second kappa shape index (κ2) is 4.38. The first kappa shape index (κ1) is 10.7. The lowest BCUT2D eigenvalue weighted by Gasteiger charge is -2.19. The molecule has 1 aromatic rings. The lowest BCUT2D eigenvalue weighted by Crippen LogP contribution is -2.26. The number of rotatable bonds is 2. The third-order valence-electron chi connectivity index (χ3n) is 2.86. The van der Waals surface area contributed by atoms with Gasteiger partial charge < -0.3 is 10.6 Å². The second-order valence-electron chi connectivity index (χ2n) is 3.90. The summed E-state index contributed by atoms with van der Waals surface area (Å²) in [5, 5.41) is 0. The number of carbonyl (C=O) groups excluding carboxylic acids is 1. The Bertz CT molecular complexity index is 447. The molecule has 0 aliphatic carbocycles. The van der Waals surface area contributed by atoms with Crippen molar-refractivity contribution in [1.29, 1.82) is 0 Å². The SMILES string of the molecule is C#CC1CC(=O)N(c2ccccc2CN)C1. The maximum absolute atomic E-state index is 11.8. The molecule has 16 heavy (non-hydrogen) atoms. The normalized spacial score (nSPS) is 19.9. The van der Waals surface area contributed by atoms with Crippen molar-refractivity contribution in [3.8, 4) is 12.3 Å². The fourth-order valence-corrected chi connectivity index (χ4v) is 2.00. The molecule has 1 unspecified atom stereocenters. The second-order valence-corrected chi connectivity index (χ2v) is 3.90. The van der Waals surface area contributed by atoms with Crippen molar-refractivity contribution in [2.75, 3.05) is 11.4 Å². The van der Waals surface area contributed by atoms with Gasteiger partial charge in [0, 0.05) is 31.1 Å². The molecule has 2 rings (SSSR count). The van der Waals surface area contributed by atoms with E-state index < -0.39 is 0 Å². The van der Waals surface area contributed by atoms with Crippen LogP contribution in [0.2, 0.25) is 0 Å². The molecule has 1 aromatic carbocycles. The topological polar surface area (TPSA) is 46.3 Å². The molecule has 0 aromatic heterocycles. The highest BCUT2D eigenvalue weighted by molar-refractivity contribution is 5.96. The van der Waals surface area contributed by atoms with Crippen molar-refractivity contribution < 1.29 is 4.79 Å². The summed E-state index contributed by atoms with van der Waals surface area (Å²) >= 11 is 0. The number of nitrogens with zero attached hydrogens (tertiary/aromatic N) is 1. The maximum atomic E-state index is 11.8. The quantitative estimate of drug-likeness (QED) is 0.750. The Labute approximate surface area is 95.2 Å². The van der Waals surface area contributed by atoms with Gasteiger partial charge in [-0.3, -0.25) is 4.79 Å². The standard InChI is InChI=1S/C13H14N2O/c1-2-10-7-13(16)15(9-10)12-6-4-3-5-11(12)8-14/h1,3-6,10H,7-9,14H2. The van der Waals surface area contributed by atoms with Crippen LogP contribution in [0.4, 0.5) is 5.69 Å². The number of benzene rings is 1. The van der Waals surface area contributed by atoms with Crippen LogP contribution < -0.4 is 10.6 Å². The molecule has 0 bridgehead atoms. The number of terminal acetylenes is 1. The molecule has 0 saturated carbocycles. The Morgan fingerprint density at radius 3 is 2.88 bits per heavy atom. The largest absolute Gasteiger partial charge is 0.326 e. The Kier molecular flexibility index (Phi) is 2.93. The zero-order valence-electron chi connectivity index (χ0n) is 9.02. The van der Waals surface area contributed by atoms with Crippen LogP contribution in [0.25, 0.3) is 0 Å². The summed E-state index contributed by atoms with van der Waals surface area (Å²) in [6.07, 6.45) is 5.79. The zero-order valence-corrected chi connectivity index (χ0v) is 9.02. The lowest BCUT2D eigenvalue weighted by atomic mass is 10.1. The number of para-hydroxylation sites is 1. The fraction of sp³-hybridized carbons (Fsp3) is 0.308. The van der Waals surface area contributed by atoms with Crippen LogP contribution in [-0.4, -0.2) is 12.5 Å². The van der Waals surface area contributed by atoms with Gasteiger partial charge >= 0.3 is 0 Å². The van der Waals surface area contributed by atoms with Gasteiger partial charge in [0.1, 0.15) is 0 Å². The molecule has 1 aliphatic rings. The monoisotopic (exact) mass is 214 g/mol. The van der Waals surface area contributed by atoms with Crippen LogP contribution in [0.5, 0.6) is 0 Å². The molecule has 1 fully saturated rings. The first-order valence-electron chi connectivity index (χ1n) is 5.30. The Balaban J connectivity index is 2.31. The van der Waals surface area contributed by atoms with Gasteiger partial charge in [-0.15, -0.1) is 12.3 Å². The smallest absolute Gasteiger partial charge is 0.228 e. The van der Waals surface area contributed by atoms with E-state index in [1.54, 1.807) is 4.90 Å². The summed E-state index contributed by atoms with van der Waals surface area (Å²) in [5.41, 5.74) is 7.53. The molecule has 2 N–H and O–H groups in total. The summed E-state index contributed by atoms with van der Waals surface area (Å²) in [5.74, 6) is 2.75. The fourth-order valence-electron chi connectivity index (χ4n) is 2.00. The van der Waals surface area contributed by atoms with Crippen LogP contribution in [-0.2, 0) is 11.3 Å². The third-order valence-corrected chi connectivity index (χ3v) is 2.86. The molecule has 1 heterocycles. The number of anilines is 1. The molecule has 0 radical (unpaired) electrons. The molecule has 0 spiro atoms. The number of hydrogen-bond acceptors (Lipinski definition) is 2. The van der Waals surface area contributed by atoms with E-state index in [1.165, 1.54) is 0 Å². The number of nitrogens with two attached hydrogens (primary N) is 1. The molecular weight excluding hydrogens is 200 g/mol. The van der Waals surface area contributed by atoms with Crippen LogP contribution in [0.15, 0.2) is 24.3 Å². The van der Waals surface area contributed by atoms with Crippen molar-refractivity contribution in [2.45, 2.75) is 13.0 Å². The molecule has 3 heteroatoms. The summed E-state index contributed by atoms with van der Waals surface area (Å²) in [6, 6.07) is 7.68. The molecule has 1 saturated heterocycles. The predicted molar refractivity (Wildman–Crippen MR) is 63.6 cm³/mol. The van der Waals surface area contributed by atoms with Gasteiger partial charge in [0.2, 0.25) is 5.91 Å². The molecule has 1 aliphatic heterocycles. The minimum atomic E-state index is 0.0262. The molecule has 1 atom stereocenters. The Morgan fingerprint density at radius 1 is 1.50 bits per heavy atom. The van der Waals surface area contributed by atoms with E-state index in [4.69, 9.17) is 12.2 Å². The van der Waals surface area contributed by atoms with Crippen LogP contribution >= 0.6 is 0 Å². The lowest BCUT2D eigenvalue weighted by molar-refractivity contribution is -0.117. The van der Waals surface area contributed by atoms with Gasteiger partial charge in [-0.05, 0) is 11.6 Å². The van der Waals surface area contributed by atoms with E-state index in [1.807, 2.05) is 24.3 Å². The summed E-state index contributed by atoms with van der Waals surface area (Å²) in [7, 11) is 0. The van der Waals surface area contributed by atoms with Gasteiger partial charge in [-0.1, -0.05) is 18.2 Å².